The zero-order chi connectivity index (χ0) is 31.7. The fraction of sp³-hybridized carbons (Fsp3) is 0.0357. The number of hydrogen-bond acceptors (Lipinski definition) is 11. The number of nitrogens with two attached hydrogens (primary N) is 1. The van der Waals surface area contributed by atoms with Gasteiger partial charge in [0.15, 0.2) is 0 Å². The highest BCUT2D eigenvalue weighted by Crippen LogP contribution is 2.37. The first-order valence-corrected chi connectivity index (χ1v) is 13.2. The zero-order valence-corrected chi connectivity index (χ0v) is 22.9. The van der Waals surface area contributed by atoms with Gasteiger partial charge < -0.3 is 11.1 Å². The van der Waals surface area contributed by atoms with E-state index >= 15 is 0 Å². The van der Waals surface area contributed by atoms with Crippen molar-refractivity contribution in [3.8, 4) is 6.07 Å². The van der Waals surface area contributed by atoms with Crippen molar-refractivity contribution in [1.29, 1.82) is 5.26 Å². The van der Waals surface area contributed by atoms with Crippen molar-refractivity contribution >= 4 is 57.5 Å². The van der Waals surface area contributed by atoms with Crippen molar-refractivity contribution < 1.29 is 19.6 Å². The summed E-state index contributed by atoms with van der Waals surface area (Å²) in [6.07, 6.45) is 1.45. The number of allylic oxidation sites excluding steroid dienone is 1. The predicted octanol–water partition coefficient (Wildman–Crippen LogP) is 2.70. The number of nitro benzene ring substituents is 3. The zero-order valence-electron chi connectivity index (χ0n) is 22.1. The summed E-state index contributed by atoms with van der Waals surface area (Å²) in [5.41, 5.74) is 5.78. The van der Waals surface area contributed by atoms with E-state index in [9.17, 15) is 45.2 Å². The quantitative estimate of drug-likeness (QED) is 0.229. The van der Waals surface area contributed by atoms with Crippen LogP contribution in [-0.4, -0.2) is 25.2 Å². The molecule has 1 aromatic heterocycles. The molecule has 1 aliphatic rings. The van der Waals surface area contributed by atoms with Crippen molar-refractivity contribution in [2.75, 3.05) is 5.32 Å². The normalized spacial score (nSPS) is 14.5. The Balaban J connectivity index is 1.74. The fourth-order valence-electron chi connectivity index (χ4n) is 4.60. The molecule has 0 saturated carbocycles. The maximum Gasteiger partial charge on any atom is 0.274 e. The molecule has 15 nitrogen and oxygen atoms in total. The highest BCUT2D eigenvalue weighted by atomic mass is 32.1. The molecule has 1 unspecified atom stereocenters. The molecular weight excluding hydrogens is 594 g/mol. The summed E-state index contributed by atoms with van der Waals surface area (Å²) < 4.78 is 1.19. The van der Waals surface area contributed by atoms with Crippen LogP contribution < -0.4 is 25.8 Å². The van der Waals surface area contributed by atoms with Gasteiger partial charge in [-0.15, -0.1) is 11.3 Å². The molecule has 0 fully saturated rings. The molecule has 0 bridgehead atoms. The predicted molar refractivity (Wildman–Crippen MR) is 158 cm³/mol. The molecule has 0 saturated heterocycles. The van der Waals surface area contributed by atoms with Gasteiger partial charge in [-0.2, -0.15) is 5.26 Å². The Morgan fingerprint density at radius 3 is 1.89 bits per heavy atom. The van der Waals surface area contributed by atoms with Gasteiger partial charge in [-0.25, -0.2) is 0 Å². The van der Waals surface area contributed by atoms with Gasteiger partial charge in [0.1, 0.15) is 10.5 Å². The van der Waals surface area contributed by atoms with Gasteiger partial charge in [-0.1, -0.05) is 12.1 Å². The minimum Gasteiger partial charge on any atom is -0.384 e. The number of thiazole rings is 1. The summed E-state index contributed by atoms with van der Waals surface area (Å²) in [5, 5.41) is 46.1. The van der Waals surface area contributed by atoms with E-state index in [0.717, 1.165) is 15.9 Å². The summed E-state index contributed by atoms with van der Waals surface area (Å²) >= 11 is 0.885. The maximum atomic E-state index is 13.9. The Morgan fingerprint density at radius 2 is 1.39 bits per heavy atom. The average Bonchev–Trinajstić information content (AvgIpc) is 3.32. The minimum absolute atomic E-state index is 0.0717. The van der Waals surface area contributed by atoms with Crippen molar-refractivity contribution in [3.63, 3.8) is 0 Å². The number of carbonyl (C=O) groups excluding carboxylic acids is 1. The molecule has 1 aliphatic heterocycles. The third-order valence-electron chi connectivity index (χ3n) is 6.69. The molecule has 1 amide bonds. The second kappa shape index (κ2) is 11.4. The van der Waals surface area contributed by atoms with Gasteiger partial charge in [0.25, 0.3) is 28.5 Å². The minimum atomic E-state index is -1.15. The lowest BCUT2D eigenvalue weighted by Crippen LogP contribution is -2.40. The van der Waals surface area contributed by atoms with E-state index in [0.29, 0.717) is 11.1 Å². The molecule has 3 aromatic carbocycles. The third-order valence-corrected chi connectivity index (χ3v) is 7.80. The van der Waals surface area contributed by atoms with Gasteiger partial charge in [0.05, 0.1) is 42.4 Å². The smallest absolute Gasteiger partial charge is 0.274 e. The number of nitrogens with one attached hydrogen (secondary N) is 1. The van der Waals surface area contributed by atoms with Gasteiger partial charge >= 0.3 is 0 Å². The van der Waals surface area contributed by atoms with Crippen LogP contribution in [0.4, 0.5) is 22.7 Å². The Labute approximate surface area is 249 Å². The number of nitro groups is 3. The van der Waals surface area contributed by atoms with Crippen molar-refractivity contribution in [1.82, 2.24) is 4.57 Å². The number of hydrogen-bond donors (Lipinski definition) is 2. The summed E-state index contributed by atoms with van der Waals surface area (Å²) in [6.45, 7) is 0. The van der Waals surface area contributed by atoms with Crippen LogP contribution in [-0.2, 0) is 4.79 Å². The third kappa shape index (κ3) is 5.29. The van der Waals surface area contributed by atoms with Crippen LogP contribution in [0.2, 0.25) is 0 Å². The Morgan fingerprint density at radius 1 is 0.886 bits per heavy atom. The maximum absolute atomic E-state index is 13.9. The average molecular weight is 612 g/mol. The molecule has 218 valence electrons. The highest BCUT2D eigenvalue weighted by Gasteiger charge is 2.36. The standard InChI is InChI=1S/C28H17N7O8S/c29-14-21-23(16-3-9-19(10-4-16)34(40)41)24(26(36)31-17-5-11-20(12-6-17)35(42)43)28-32(25(21)30)27(37)22(44-28)13-15-1-7-18(8-2-15)33(38)39/h1-13,23H,30H2,(H,31,36)/b22-13-. The first-order valence-electron chi connectivity index (χ1n) is 12.4. The molecule has 1 atom stereocenters. The van der Waals surface area contributed by atoms with Crippen LogP contribution in [0.1, 0.15) is 17.0 Å². The van der Waals surface area contributed by atoms with E-state index < -0.39 is 32.2 Å². The monoisotopic (exact) mass is 611 g/mol. The first kappa shape index (κ1) is 29.0. The first-order chi connectivity index (χ1) is 21.0. The highest BCUT2D eigenvalue weighted by molar-refractivity contribution is 7.07. The van der Waals surface area contributed by atoms with Crippen molar-refractivity contribution in [3.05, 3.63) is 139 Å². The number of amides is 1. The Hall–Kier alpha value is -6.47. The molecule has 0 aliphatic carbocycles. The van der Waals surface area contributed by atoms with Crippen LogP contribution in [0.5, 0.6) is 0 Å². The van der Waals surface area contributed by atoms with E-state index in [2.05, 4.69) is 5.32 Å². The molecule has 5 rings (SSSR count). The number of aromatic nitrogens is 1. The van der Waals surface area contributed by atoms with Crippen LogP contribution >= 0.6 is 11.3 Å². The summed E-state index contributed by atoms with van der Waals surface area (Å²) in [5.74, 6) is -2.16. The number of benzene rings is 3. The molecule has 0 radical (unpaired) electrons. The Kier molecular flexibility index (Phi) is 7.54. The molecule has 0 spiro atoms. The van der Waals surface area contributed by atoms with Gasteiger partial charge in [-0.3, -0.25) is 44.5 Å². The van der Waals surface area contributed by atoms with E-state index in [1.807, 2.05) is 6.07 Å². The van der Waals surface area contributed by atoms with Crippen LogP contribution in [0.3, 0.4) is 0 Å². The van der Waals surface area contributed by atoms with E-state index in [1.54, 1.807) is 0 Å². The lowest BCUT2D eigenvalue weighted by Gasteiger charge is -2.25. The van der Waals surface area contributed by atoms with E-state index in [-0.39, 0.29) is 48.9 Å². The number of carbonyl (C=O) groups is 1. The molecular formula is C28H17N7O8S. The second-order valence-electron chi connectivity index (χ2n) is 9.27. The number of nitriles is 1. The van der Waals surface area contributed by atoms with E-state index in [1.165, 1.54) is 78.9 Å². The lowest BCUT2D eigenvalue weighted by molar-refractivity contribution is -0.385. The van der Waals surface area contributed by atoms with Gasteiger partial charge in [0, 0.05) is 42.1 Å². The SMILES string of the molecule is N#CC1=C(N)n2c(s/c(=C\c3ccc([N+](=O)[O-])cc3)c2=O)=C(C(=O)Nc2ccc([N+](=O)[O-])cc2)C1c1ccc([N+](=O)[O-])cc1. The second-order valence-corrected chi connectivity index (χ2v) is 10.3. The fourth-order valence-corrected chi connectivity index (χ4v) is 5.77. The van der Waals surface area contributed by atoms with Gasteiger partial charge in [0.2, 0.25) is 0 Å². The number of non-ortho nitro benzene ring substituents is 3. The van der Waals surface area contributed by atoms with Crippen molar-refractivity contribution in [2.45, 2.75) is 5.92 Å². The summed E-state index contributed by atoms with van der Waals surface area (Å²) in [7, 11) is 0. The number of nitrogens with zero attached hydrogens (tertiary/aromatic N) is 5. The topological polar surface area (TPSA) is 230 Å². The molecule has 44 heavy (non-hydrogen) atoms. The van der Waals surface area contributed by atoms with Crippen LogP contribution in [0.25, 0.3) is 17.5 Å². The summed E-state index contributed by atoms with van der Waals surface area (Å²) in [6, 6.07) is 17.5. The molecule has 16 heteroatoms. The lowest BCUT2D eigenvalue weighted by atomic mass is 9.83. The van der Waals surface area contributed by atoms with Crippen LogP contribution in [0.15, 0.2) is 83.2 Å². The number of fused-ring (bicyclic) bond motifs is 1. The number of rotatable bonds is 7. The van der Waals surface area contributed by atoms with Crippen LogP contribution in [0, 0.1) is 41.7 Å². The van der Waals surface area contributed by atoms with E-state index in [4.69, 9.17) is 5.73 Å². The molecule has 4 aromatic rings. The van der Waals surface area contributed by atoms with Gasteiger partial charge in [-0.05, 0) is 41.5 Å². The Bertz CT molecular complexity index is 2130. The summed E-state index contributed by atoms with van der Waals surface area (Å²) in [4.78, 5) is 59.0. The molecule has 3 N–H and O–H groups in total. The largest absolute Gasteiger partial charge is 0.384 e. The van der Waals surface area contributed by atoms with Crippen molar-refractivity contribution in [2.24, 2.45) is 5.73 Å². The number of anilines is 1. The molecule has 2 heterocycles.